The number of rotatable bonds is 3. The van der Waals surface area contributed by atoms with Gasteiger partial charge in [0.2, 0.25) is 6.10 Å². The smallest absolute Gasteiger partial charge is 0.267 e. The maximum atomic E-state index is 13.1. The van der Waals surface area contributed by atoms with Crippen molar-refractivity contribution >= 4 is 11.6 Å². The quantitative estimate of drug-likeness (QED) is 0.835. The zero-order valence-corrected chi connectivity index (χ0v) is 14.5. The van der Waals surface area contributed by atoms with E-state index in [0.29, 0.717) is 12.1 Å². The Labute approximate surface area is 152 Å². The lowest BCUT2D eigenvalue weighted by molar-refractivity contribution is -0.146. The number of halogens is 1. The first-order valence-corrected chi connectivity index (χ1v) is 9.06. The van der Waals surface area contributed by atoms with Crippen LogP contribution in [0.15, 0.2) is 59.8 Å². The molecule has 0 N–H and O–H groups in total. The highest BCUT2D eigenvalue weighted by atomic mass is 19.1. The number of piperidine rings is 1. The number of hydrogen-bond donors (Lipinski definition) is 0. The Morgan fingerprint density at radius 2 is 1.85 bits per heavy atom. The molecule has 0 bridgehead atoms. The van der Waals surface area contributed by atoms with E-state index in [1.54, 1.807) is 12.1 Å². The number of carbonyl (C=O) groups is 1. The highest BCUT2D eigenvalue weighted by Crippen LogP contribution is 2.32. The third-order valence-corrected chi connectivity index (χ3v) is 5.09. The fourth-order valence-electron chi connectivity index (χ4n) is 3.72. The van der Waals surface area contributed by atoms with Crippen LogP contribution in [-0.4, -0.2) is 29.2 Å². The minimum absolute atomic E-state index is 0.0144. The summed E-state index contributed by atoms with van der Waals surface area (Å²) in [4.78, 5) is 20.5. The molecule has 2 heterocycles. The lowest BCUT2D eigenvalue weighted by atomic mass is 9.94. The molecular weight excluding hydrogens is 331 g/mol. The van der Waals surface area contributed by atoms with Crippen molar-refractivity contribution in [3.05, 3.63) is 71.5 Å². The number of hydrogen-bond acceptors (Lipinski definition) is 3. The van der Waals surface area contributed by atoms with Crippen molar-refractivity contribution < 1.29 is 14.0 Å². The zero-order chi connectivity index (χ0) is 17.9. The molecule has 5 heteroatoms. The first-order valence-electron chi connectivity index (χ1n) is 9.06. The van der Waals surface area contributed by atoms with Crippen LogP contribution in [0.4, 0.5) is 4.39 Å². The van der Waals surface area contributed by atoms with E-state index in [1.807, 2.05) is 23.1 Å². The van der Waals surface area contributed by atoms with Gasteiger partial charge in [-0.25, -0.2) is 4.39 Å². The maximum absolute atomic E-state index is 13.1. The molecule has 0 saturated carbocycles. The molecule has 2 aromatic carbocycles. The average molecular weight is 352 g/mol. The second-order valence-corrected chi connectivity index (χ2v) is 6.80. The van der Waals surface area contributed by atoms with E-state index in [9.17, 15) is 9.18 Å². The molecule has 0 aliphatic carbocycles. The summed E-state index contributed by atoms with van der Waals surface area (Å²) in [6, 6.07) is 16.4. The molecule has 2 atom stereocenters. The average Bonchev–Trinajstić information content (AvgIpc) is 3.19. The second-order valence-electron chi connectivity index (χ2n) is 6.80. The van der Waals surface area contributed by atoms with Crippen LogP contribution in [0.5, 0.6) is 0 Å². The van der Waals surface area contributed by atoms with Gasteiger partial charge in [0.1, 0.15) is 5.82 Å². The Morgan fingerprint density at radius 3 is 2.62 bits per heavy atom. The Morgan fingerprint density at radius 1 is 1.08 bits per heavy atom. The van der Waals surface area contributed by atoms with Crippen molar-refractivity contribution in [2.45, 2.75) is 37.8 Å². The molecule has 2 aliphatic heterocycles. The minimum atomic E-state index is -0.598. The van der Waals surface area contributed by atoms with E-state index in [4.69, 9.17) is 4.84 Å². The van der Waals surface area contributed by atoms with Crippen LogP contribution in [0.1, 0.15) is 42.9 Å². The Kier molecular flexibility index (Phi) is 4.69. The molecule has 0 spiro atoms. The molecule has 26 heavy (non-hydrogen) atoms. The number of amides is 1. The summed E-state index contributed by atoms with van der Waals surface area (Å²) in [6.45, 7) is 0.740. The van der Waals surface area contributed by atoms with E-state index in [-0.39, 0.29) is 17.8 Å². The van der Waals surface area contributed by atoms with Crippen LogP contribution in [0.2, 0.25) is 0 Å². The van der Waals surface area contributed by atoms with Crippen molar-refractivity contribution in [1.29, 1.82) is 0 Å². The highest BCUT2D eigenvalue weighted by molar-refractivity contribution is 6.04. The molecule has 2 unspecified atom stereocenters. The van der Waals surface area contributed by atoms with Gasteiger partial charge in [-0.3, -0.25) is 4.79 Å². The summed E-state index contributed by atoms with van der Waals surface area (Å²) in [7, 11) is 0. The number of carbonyl (C=O) groups excluding carboxylic acids is 1. The molecular formula is C21H21FN2O2. The fourth-order valence-corrected chi connectivity index (χ4v) is 3.72. The molecule has 1 fully saturated rings. The van der Waals surface area contributed by atoms with Gasteiger partial charge in [-0.2, -0.15) is 0 Å². The van der Waals surface area contributed by atoms with E-state index in [0.717, 1.165) is 31.4 Å². The fraction of sp³-hybridized carbons (Fsp3) is 0.333. The van der Waals surface area contributed by atoms with E-state index >= 15 is 0 Å². The van der Waals surface area contributed by atoms with Gasteiger partial charge in [-0.1, -0.05) is 47.6 Å². The summed E-state index contributed by atoms with van der Waals surface area (Å²) in [5, 5.41) is 4.08. The molecule has 1 saturated heterocycles. The van der Waals surface area contributed by atoms with E-state index < -0.39 is 6.10 Å². The van der Waals surface area contributed by atoms with Crippen LogP contribution in [0.25, 0.3) is 0 Å². The van der Waals surface area contributed by atoms with E-state index in [1.165, 1.54) is 17.7 Å². The summed E-state index contributed by atoms with van der Waals surface area (Å²) in [5.41, 5.74) is 2.65. The number of benzene rings is 2. The Hall–Kier alpha value is -2.69. The van der Waals surface area contributed by atoms with Crippen molar-refractivity contribution in [1.82, 2.24) is 4.90 Å². The highest BCUT2D eigenvalue weighted by Gasteiger charge is 2.36. The minimum Gasteiger partial charge on any atom is -0.382 e. The van der Waals surface area contributed by atoms with Crippen molar-refractivity contribution in [3.63, 3.8) is 0 Å². The third kappa shape index (κ3) is 3.34. The van der Waals surface area contributed by atoms with Gasteiger partial charge in [0.25, 0.3) is 5.91 Å². The third-order valence-electron chi connectivity index (χ3n) is 5.09. The normalized spacial score (nSPS) is 22.7. The van der Waals surface area contributed by atoms with Gasteiger partial charge in [0.15, 0.2) is 0 Å². The van der Waals surface area contributed by atoms with Crippen LogP contribution >= 0.6 is 0 Å². The predicted octanol–water partition coefficient (Wildman–Crippen LogP) is 4.07. The predicted molar refractivity (Wildman–Crippen MR) is 97.2 cm³/mol. The molecule has 0 radical (unpaired) electrons. The maximum Gasteiger partial charge on any atom is 0.267 e. The number of nitrogens with zero attached hydrogens (tertiary/aromatic N) is 2. The Bertz CT molecular complexity index is 805. The van der Waals surface area contributed by atoms with Crippen LogP contribution in [0, 0.1) is 5.82 Å². The van der Waals surface area contributed by atoms with Gasteiger partial charge < -0.3 is 9.74 Å². The summed E-state index contributed by atoms with van der Waals surface area (Å²) in [6.07, 6.45) is 2.91. The summed E-state index contributed by atoms with van der Waals surface area (Å²) >= 11 is 0. The summed E-state index contributed by atoms with van der Waals surface area (Å²) < 4.78 is 13.1. The van der Waals surface area contributed by atoms with Gasteiger partial charge >= 0.3 is 0 Å². The molecule has 4 nitrogen and oxygen atoms in total. The van der Waals surface area contributed by atoms with Gasteiger partial charge in [-0.05, 0) is 42.5 Å². The molecule has 134 valence electrons. The van der Waals surface area contributed by atoms with E-state index in [2.05, 4.69) is 17.3 Å². The second kappa shape index (κ2) is 7.28. The van der Waals surface area contributed by atoms with Gasteiger partial charge in [-0.15, -0.1) is 0 Å². The topological polar surface area (TPSA) is 41.9 Å². The molecule has 1 amide bonds. The first kappa shape index (κ1) is 16.8. The monoisotopic (exact) mass is 352 g/mol. The largest absolute Gasteiger partial charge is 0.382 e. The van der Waals surface area contributed by atoms with Crippen molar-refractivity contribution in [3.8, 4) is 0 Å². The van der Waals surface area contributed by atoms with Crippen molar-refractivity contribution in [2.75, 3.05) is 6.54 Å². The molecule has 0 aromatic heterocycles. The van der Waals surface area contributed by atoms with Crippen molar-refractivity contribution in [2.24, 2.45) is 5.16 Å². The summed E-state index contributed by atoms with van der Waals surface area (Å²) in [5.74, 6) is -0.306. The van der Waals surface area contributed by atoms with Crippen LogP contribution < -0.4 is 0 Å². The lowest BCUT2D eigenvalue weighted by Gasteiger charge is -2.37. The number of likely N-dealkylation sites (tertiary alicyclic amines) is 1. The molecule has 2 aromatic rings. The Balaban J connectivity index is 1.48. The zero-order valence-electron chi connectivity index (χ0n) is 14.5. The van der Waals surface area contributed by atoms with Gasteiger partial charge in [0.05, 0.1) is 11.8 Å². The standard InChI is InChI=1S/C21H21FN2O2/c22-17-11-9-15(10-12-17)18-14-20(26-23-18)21(25)24-13-5-4-8-19(24)16-6-2-1-3-7-16/h1-3,6-7,9-12,19-20H,4-5,8,13-14H2. The SMILES string of the molecule is O=C(C1CC(c2ccc(F)cc2)=NO1)N1CCCCC1c1ccccc1. The number of oxime groups is 1. The first-order chi connectivity index (χ1) is 12.7. The lowest BCUT2D eigenvalue weighted by Crippen LogP contribution is -2.44. The van der Waals surface area contributed by atoms with Crippen LogP contribution in [-0.2, 0) is 9.63 Å². The molecule has 4 rings (SSSR count). The van der Waals surface area contributed by atoms with Gasteiger partial charge in [0, 0.05) is 13.0 Å². The molecule has 2 aliphatic rings. The van der Waals surface area contributed by atoms with Crippen LogP contribution in [0.3, 0.4) is 0 Å².